The lowest BCUT2D eigenvalue weighted by molar-refractivity contribution is -0.150. The molecule has 3 aromatic rings. The molecule has 3 aromatic carbocycles. The van der Waals surface area contributed by atoms with E-state index in [4.69, 9.17) is 50.3 Å². The van der Waals surface area contributed by atoms with Crippen LogP contribution in [0.15, 0.2) is 59.6 Å². The van der Waals surface area contributed by atoms with E-state index in [1.165, 1.54) is 5.06 Å². The summed E-state index contributed by atoms with van der Waals surface area (Å²) in [5.74, 6) is -1.30. The average molecular weight is 547 g/mol. The van der Waals surface area contributed by atoms with E-state index in [2.05, 4.69) is 10.3 Å². The van der Waals surface area contributed by atoms with Gasteiger partial charge in [0.25, 0.3) is 0 Å². The molecule has 0 heterocycles. The van der Waals surface area contributed by atoms with Crippen LogP contribution in [-0.4, -0.2) is 47.1 Å². The molecule has 0 bridgehead atoms. The van der Waals surface area contributed by atoms with E-state index in [-0.39, 0.29) is 41.2 Å². The molecule has 0 aliphatic carbocycles. The van der Waals surface area contributed by atoms with Crippen molar-refractivity contribution >= 4 is 57.5 Å². The SMILES string of the molecule is NC(N)=NCCC[C@H](C(=O)NCC(=O)O)N(Cc1cc(Cl)c(N)c(Cl)c1)Oc1ccc2ccccc2c1. The molecule has 3 rings (SSSR count). The summed E-state index contributed by atoms with van der Waals surface area (Å²) in [7, 11) is 0. The molecule has 0 aliphatic heterocycles. The number of hydrogen-bond acceptors (Lipinski definition) is 6. The van der Waals surface area contributed by atoms with Crippen molar-refractivity contribution in [3.05, 3.63) is 70.2 Å². The molecule has 1 amide bonds. The molecule has 196 valence electrons. The molecule has 12 heteroatoms. The molecular formula is C25H28Cl2N6O4. The van der Waals surface area contributed by atoms with E-state index >= 15 is 0 Å². The molecule has 0 aliphatic rings. The van der Waals surface area contributed by atoms with Crippen molar-refractivity contribution in [2.75, 3.05) is 18.8 Å². The van der Waals surface area contributed by atoms with Crippen LogP contribution in [0.5, 0.6) is 5.75 Å². The van der Waals surface area contributed by atoms with Gasteiger partial charge in [-0.25, -0.2) is 0 Å². The van der Waals surface area contributed by atoms with E-state index in [1.807, 2.05) is 36.4 Å². The predicted octanol–water partition coefficient (Wildman–Crippen LogP) is 3.15. The van der Waals surface area contributed by atoms with E-state index in [0.717, 1.165) is 10.8 Å². The summed E-state index contributed by atoms with van der Waals surface area (Å²) < 4.78 is 0. The molecule has 8 N–H and O–H groups in total. The number of carboxylic acids is 1. The Morgan fingerprint density at radius 2 is 1.73 bits per heavy atom. The van der Waals surface area contributed by atoms with Gasteiger partial charge in [-0.2, -0.15) is 0 Å². The highest BCUT2D eigenvalue weighted by atomic mass is 35.5. The van der Waals surface area contributed by atoms with Gasteiger partial charge in [-0.05, 0) is 53.4 Å². The van der Waals surface area contributed by atoms with Crippen LogP contribution in [-0.2, 0) is 16.1 Å². The summed E-state index contributed by atoms with van der Waals surface area (Å²) in [6, 6.07) is 15.6. The number of hydroxylamine groups is 2. The molecule has 0 fully saturated rings. The van der Waals surface area contributed by atoms with Gasteiger partial charge in [0.2, 0.25) is 5.91 Å². The van der Waals surface area contributed by atoms with Crippen LogP contribution < -0.4 is 27.4 Å². The Hall–Kier alpha value is -3.73. The van der Waals surface area contributed by atoms with Crippen molar-refractivity contribution in [2.24, 2.45) is 16.5 Å². The largest absolute Gasteiger partial charge is 0.480 e. The van der Waals surface area contributed by atoms with Crippen molar-refractivity contribution in [3.63, 3.8) is 0 Å². The fourth-order valence-corrected chi connectivity index (χ4v) is 4.19. The molecule has 0 unspecified atom stereocenters. The van der Waals surface area contributed by atoms with Gasteiger partial charge in [0.1, 0.15) is 18.3 Å². The first-order valence-corrected chi connectivity index (χ1v) is 12.1. The molecule has 0 saturated heterocycles. The van der Waals surface area contributed by atoms with Crippen molar-refractivity contribution in [3.8, 4) is 5.75 Å². The number of guanidine groups is 1. The first kappa shape index (κ1) is 27.9. The van der Waals surface area contributed by atoms with Crippen LogP contribution in [0.1, 0.15) is 18.4 Å². The third-order valence-electron chi connectivity index (χ3n) is 5.42. The van der Waals surface area contributed by atoms with Crippen LogP contribution in [0.25, 0.3) is 10.8 Å². The third kappa shape index (κ3) is 8.14. The fraction of sp³-hybridized carbons (Fsp3) is 0.240. The summed E-state index contributed by atoms with van der Waals surface area (Å²) in [5, 5.41) is 15.4. The Labute approximate surface area is 223 Å². The topological polar surface area (TPSA) is 169 Å². The molecule has 10 nitrogen and oxygen atoms in total. The monoisotopic (exact) mass is 546 g/mol. The number of halogens is 2. The number of rotatable bonds is 12. The second-order valence-corrected chi connectivity index (χ2v) is 9.04. The van der Waals surface area contributed by atoms with Gasteiger partial charge in [-0.3, -0.25) is 14.6 Å². The zero-order valence-corrected chi connectivity index (χ0v) is 21.4. The maximum Gasteiger partial charge on any atom is 0.322 e. The lowest BCUT2D eigenvalue weighted by Crippen LogP contribution is -2.49. The number of hydrogen-bond donors (Lipinski definition) is 5. The molecule has 0 spiro atoms. The molecule has 0 saturated carbocycles. The Balaban J connectivity index is 1.96. The number of carbonyl (C=O) groups excluding carboxylic acids is 1. The zero-order chi connectivity index (χ0) is 26.9. The van der Waals surface area contributed by atoms with E-state index in [1.54, 1.807) is 18.2 Å². The zero-order valence-electron chi connectivity index (χ0n) is 19.9. The van der Waals surface area contributed by atoms with Crippen LogP contribution in [0.2, 0.25) is 10.0 Å². The number of carbonyl (C=O) groups is 2. The number of carboxylic acid groups (broad SMARTS) is 1. The summed E-state index contributed by atoms with van der Waals surface area (Å²) in [5.41, 5.74) is 17.6. The first-order chi connectivity index (χ1) is 17.6. The number of aliphatic carboxylic acids is 1. The summed E-state index contributed by atoms with van der Waals surface area (Å²) in [4.78, 5) is 34.4. The third-order valence-corrected chi connectivity index (χ3v) is 6.04. The lowest BCUT2D eigenvalue weighted by Gasteiger charge is -2.30. The maximum absolute atomic E-state index is 13.1. The maximum atomic E-state index is 13.1. The molecule has 0 aromatic heterocycles. The quantitative estimate of drug-likeness (QED) is 0.0757. The highest BCUT2D eigenvalue weighted by molar-refractivity contribution is 6.38. The van der Waals surface area contributed by atoms with Gasteiger partial charge >= 0.3 is 5.97 Å². The Morgan fingerprint density at radius 1 is 1.05 bits per heavy atom. The van der Waals surface area contributed by atoms with Crippen molar-refractivity contribution in [2.45, 2.75) is 25.4 Å². The average Bonchev–Trinajstić information content (AvgIpc) is 2.85. The van der Waals surface area contributed by atoms with Gasteiger partial charge in [-0.15, -0.1) is 5.06 Å². The standard InChI is InChI=1S/C25H28Cl2N6O4/c26-19-10-15(11-20(27)23(19)28)14-33(37-18-8-7-16-4-1-2-5-17(16)12-18)21(6-3-9-31-25(29)30)24(36)32-13-22(34)35/h1-2,4-5,7-8,10-12,21H,3,6,9,13-14,28H2,(H,32,36)(H,34,35)(H4,29,30,31)/t21-/m1/s1. The second-order valence-electron chi connectivity index (χ2n) is 8.22. The number of nitrogen functional groups attached to an aromatic ring is 1. The molecular weight excluding hydrogens is 519 g/mol. The van der Waals surface area contributed by atoms with Crippen LogP contribution >= 0.6 is 23.2 Å². The van der Waals surface area contributed by atoms with Crippen molar-refractivity contribution < 1.29 is 19.5 Å². The Morgan fingerprint density at radius 3 is 2.38 bits per heavy atom. The Kier molecular flexibility index (Phi) is 9.78. The first-order valence-electron chi connectivity index (χ1n) is 11.4. The number of nitrogens with two attached hydrogens (primary N) is 3. The minimum Gasteiger partial charge on any atom is -0.480 e. The van der Waals surface area contributed by atoms with E-state index in [0.29, 0.717) is 17.7 Å². The van der Waals surface area contributed by atoms with Crippen molar-refractivity contribution in [1.82, 2.24) is 10.4 Å². The number of amides is 1. The van der Waals surface area contributed by atoms with Gasteiger partial charge in [0.15, 0.2) is 5.96 Å². The number of anilines is 1. The Bertz CT molecular complexity index is 1280. The number of aliphatic imine (C=N–C) groups is 1. The molecule has 37 heavy (non-hydrogen) atoms. The van der Waals surface area contributed by atoms with Gasteiger partial charge in [0, 0.05) is 6.54 Å². The van der Waals surface area contributed by atoms with Gasteiger partial charge in [0.05, 0.1) is 22.3 Å². The van der Waals surface area contributed by atoms with E-state index in [9.17, 15) is 9.59 Å². The highest BCUT2D eigenvalue weighted by Gasteiger charge is 2.29. The number of benzene rings is 3. The number of fused-ring (bicyclic) bond motifs is 1. The number of nitrogens with one attached hydrogen (secondary N) is 1. The lowest BCUT2D eigenvalue weighted by atomic mass is 10.1. The fourth-order valence-electron chi connectivity index (χ4n) is 3.65. The minimum absolute atomic E-state index is 0.0673. The van der Waals surface area contributed by atoms with Gasteiger partial charge in [-0.1, -0.05) is 53.5 Å². The molecule has 1 atom stereocenters. The van der Waals surface area contributed by atoms with E-state index < -0.39 is 24.5 Å². The highest BCUT2D eigenvalue weighted by Crippen LogP contribution is 2.30. The van der Waals surface area contributed by atoms with Crippen LogP contribution in [0.4, 0.5) is 5.69 Å². The van der Waals surface area contributed by atoms with Crippen LogP contribution in [0.3, 0.4) is 0 Å². The summed E-state index contributed by atoms with van der Waals surface area (Å²) >= 11 is 12.5. The normalized spacial score (nSPS) is 11.8. The molecule has 0 radical (unpaired) electrons. The smallest absolute Gasteiger partial charge is 0.322 e. The minimum atomic E-state index is -1.17. The van der Waals surface area contributed by atoms with Gasteiger partial charge < -0.3 is 32.5 Å². The number of nitrogens with zero attached hydrogens (tertiary/aromatic N) is 2. The second kappa shape index (κ2) is 13.0. The van der Waals surface area contributed by atoms with Crippen LogP contribution in [0, 0.1) is 0 Å². The summed E-state index contributed by atoms with van der Waals surface area (Å²) in [6.45, 7) is -0.193. The van der Waals surface area contributed by atoms with Crippen molar-refractivity contribution in [1.29, 1.82) is 0 Å². The summed E-state index contributed by atoms with van der Waals surface area (Å²) in [6.07, 6.45) is 0.677. The predicted molar refractivity (Wildman–Crippen MR) is 145 cm³/mol.